The van der Waals surface area contributed by atoms with Gasteiger partial charge in [-0.2, -0.15) is 0 Å². The SMILES string of the molecule is CCc1cccc(OCc2c(C)cc(Cl)c(=O)n2CCc2ccc(C(=O)OC)cc2)c1. The highest BCUT2D eigenvalue weighted by Crippen LogP contribution is 2.18. The zero-order chi connectivity index (χ0) is 22.4. The number of carbonyl (C=O) groups excluding carboxylic acids is 1. The first kappa shape index (κ1) is 22.6. The first-order chi connectivity index (χ1) is 14.9. The van der Waals surface area contributed by atoms with Crippen LogP contribution in [0, 0.1) is 6.92 Å². The Morgan fingerprint density at radius 1 is 1.06 bits per heavy atom. The molecule has 3 aromatic rings. The minimum Gasteiger partial charge on any atom is -0.487 e. The lowest BCUT2D eigenvalue weighted by molar-refractivity contribution is 0.0600. The molecule has 0 spiro atoms. The summed E-state index contributed by atoms with van der Waals surface area (Å²) in [4.78, 5) is 24.4. The van der Waals surface area contributed by atoms with Crippen LogP contribution in [-0.4, -0.2) is 17.6 Å². The van der Waals surface area contributed by atoms with Gasteiger partial charge in [-0.3, -0.25) is 4.79 Å². The third kappa shape index (κ3) is 5.56. The van der Waals surface area contributed by atoms with Gasteiger partial charge in [-0.1, -0.05) is 42.8 Å². The highest BCUT2D eigenvalue weighted by Gasteiger charge is 2.13. The molecule has 162 valence electrons. The van der Waals surface area contributed by atoms with E-state index in [2.05, 4.69) is 13.0 Å². The Kier molecular flexibility index (Phi) is 7.53. The number of aromatic nitrogens is 1. The minimum atomic E-state index is -0.375. The highest BCUT2D eigenvalue weighted by atomic mass is 35.5. The van der Waals surface area contributed by atoms with Crippen molar-refractivity contribution in [3.8, 4) is 5.75 Å². The zero-order valence-corrected chi connectivity index (χ0v) is 18.7. The van der Waals surface area contributed by atoms with Gasteiger partial charge in [-0.15, -0.1) is 0 Å². The molecule has 5 nitrogen and oxygen atoms in total. The van der Waals surface area contributed by atoms with Gasteiger partial charge in [0.1, 0.15) is 17.4 Å². The molecular weight excluding hydrogens is 414 g/mol. The Bertz CT molecular complexity index is 1120. The predicted octanol–water partition coefficient (Wildman–Crippen LogP) is 4.98. The highest BCUT2D eigenvalue weighted by molar-refractivity contribution is 6.30. The van der Waals surface area contributed by atoms with E-state index in [4.69, 9.17) is 21.1 Å². The summed E-state index contributed by atoms with van der Waals surface area (Å²) in [6.45, 7) is 4.74. The fourth-order valence-corrected chi connectivity index (χ4v) is 3.67. The Balaban J connectivity index is 1.80. The number of nitrogens with zero attached hydrogens (tertiary/aromatic N) is 1. The molecular formula is C25H26ClNO4. The number of pyridine rings is 1. The minimum absolute atomic E-state index is 0.190. The van der Waals surface area contributed by atoms with Crippen molar-refractivity contribution in [1.82, 2.24) is 4.57 Å². The van der Waals surface area contributed by atoms with Crippen LogP contribution in [0.25, 0.3) is 0 Å². The first-order valence-corrected chi connectivity index (χ1v) is 10.6. The fraction of sp³-hybridized carbons (Fsp3) is 0.280. The van der Waals surface area contributed by atoms with Crippen LogP contribution in [0.15, 0.2) is 59.4 Å². The van der Waals surface area contributed by atoms with Crippen LogP contribution >= 0.6 is 11.6 Å². The molecule has 2 aromatic carbocycles. The number of esters is 1. The summed E-state index contributed by atoms with van der Waals surface area (Å²) in [5.74, 6) is 0.394. The molecule has 1 aromatic heterocycles. The molecule has 0 aliphatic carbocycles. The van der Waals surface area contributed by atoms with E-state index in [1.54, 1.807) is 22.8 Å². The number of halogens is 1. The van der Waals surface area contributed by atoms with E-state index < -0.39 is 0 Å². The number of carbonyl (C=O) groups is 1. The summed E-state index contributed by atoms with van der Waals surface area (Å²) in [5, 5.41) is 0.190. The monoisotopic (exact) mass is 439 g/mol. The molecule has 0 atom stereocenters. The second-order valence-corrected chi connectivity index (χ2v) is 7.71. The molecule has 0 amide bonds. The van der Waals surface area contributed by atoms with Crippen LogP contribution in [0.1, 0.15) is 39.7 Å². The van der Waals surface area contributed by atoms with Crippen molar-refractivity contribution in [2.45, 2.75) is 39.8 Å². The van der Waals surface area contributed by atoms with E-state index in [1.165, 1.54) is 12.7 Å². The van der Waals surface area contributed by atoms with Crippen molar-refractivity contribution >= 4 is 17.6 Å². The summed E-state index contributed by atoms with van der Waals surface area (Å²) >= 11 is 6.18. The topological polar surface area (TPSA) is 57.5 Å². The predicted molar refractivity (Wildman–Crippen MR) is 122 cm³/mol. The molecule has 0 saturated heterocycles. The molecule has 0 saturated carbocycles. The molecule has 0 N–H and O–H groups in total. The maximum atomic E-state index is 12.8. The van der Waals surface area contributed by atoms with Crippen LogP contribution in [0.4, 0.5) is 0 Å². The number of methoxy groups -OCH3 is 1. The maximum Gasteiger partial charge on any atom is 0.337 e. The Morgan fingerprint density at radius 3 is 2.48 bits per heavy atom. The summed E-state index contributed by atoms with van der Waals surface area (Å²) in [6.07, 6.45) is 1.54. The van der Waals surface area contributed by atoms with E-state index in [0.29, 0.717) is 18.5 Å². The van der Waals surface area contributed by atoms with Gasteiger partial charge in [-0.25, -0.2) is 4.79 Å². The largest absolute Gasteiger partial charge is 0.487 e. The van der Waals surface area contributed by atoms with E-state index in [-0.39, 0.29) is 23.2 Å². The molecule has 6 heteroatoms. The van der Waals surface area contributed by atoms with Crippen molar-refractivity contribution in [1.29, 1.82) is 0 Å². The fourth-order valence-electron chi connectivity index (χ4n) is 3.40. The Morgan fingerprint density at radius 2 is 1.81 bits per heavy atom. The van der Waals surface area contributed by atoms with Crippen LogP contribution in [0.5, 0.6) is 5.75 Å². The van der Waals surface area contributed by atoms with Crippen molar-refractivity contribution in [2.75, 3.05) is 7.11 Å². The average molecular weight is 440 g/mol. The smallest absolute Gasteiger partial charge is 0.337 e. The summed E-state index contributed by atoms with van der Waals surface area (Å²) in [7, 11) is 1.35. The van der Waals surface area contributed by atoms with Gasteiger partial charge >= 0.3 is 5.97 Å². The lowest BCUT2D eigenvalue weighted by Gasteiger charge is -2.17. The zero-order valence-electron chi connectivity index (χ0n) is 18.0. The number of hydrogen-bond donors (Lipinski definition) is 0. The Labute approximate surface area is 187 Å². The average Bonchev–Trinajstić information content (AvgIpc) is 2.79. The van der Waals surface area contributed by atoms with Crippen LogP contribution in [0.3, 0.4) is 0 Å². The Hall–Kier alpha value is -3.05. The van der Waals surface area contributed by atoms with Gasteiger partial charge in [0.2, 0.25) is 0 Å². The summed E-state index contributed by atoms with van der Waals surface area (Å²) in [5.41, 5.74) is 4.14. The van der Waals surface area contributed by atoms with E-state index in [0.717, 1.165) is 29.0 Å². The van der Waals surface area contributed by atoms with Gasteiger partial charge in [0, 0.05) is 6.54 Å². The number of ether oxygens (including phenoxy) is 2. The van der Waals surface area contributed by atoms with E-state index in [1.807, 2.05) is 37.3 Å². The van der Waals surface area contributed by atoms with E-state index >= 15 is 0 Å². The second-order valence-electron chi connectivity index (χ2n) is 7.31. The third-order valence-electron chi connectivity index (χ3n) is 5.26. The molecule has 0 aliphatic rings. The van der Waals surface area contributed by atoms with Crippen molar-refractivity contribution in [3.63, 3.8) is 0 Å². The molecule has 0 unspecified atom stereocenters. The molecule has 0 fully saturated rings. The maximum absolute atomic E-state index is 12.8. The standard InChI is InChI=1S/C25H26ClNO4/c1-4-18-6-5-7-21(15-18)31-16-23-17(2)14-22(26)24(28)27(23)13-12-19-8-10-20(11-9-19)25(29)30-3/h5-11,14-15H,4,12-13,16H2,1-3H3. The molecule has 0 radical (unpaired) electrons. The summed E-state index contributed by atoms with van der Waals surface area (Å²) in [6, 6.07) is 16.8. The normalized spacial score (nSPS) is 10.7. The molecule has 3 rings (SSSR count). The van der Waals surface area contributed by atoms with Crippen molar-refractivity contribution in [3.05, 3.63) is 97.9 Å². The molecule has 1 heterocycles. The molecule has 0 bridgehead atoms. The molecule has 0 aliphatic heterocycles. The van der Waals surface area contributed by atoms with Crippen LogP contribution < -0.4 is 10.3 Å². The van der Waals surface area contributed by atoms with Gasteiger partial charge in [-0.05, 0) is 66.8 Å². The van der Waals surface area contributed by atoms with Crippen molar-refractivity contribution < 1.29 is 14.3 Å². The van der Waals surface area contributed by atoms with Gasteiger partial charge in [0.15, 0.2) is 0 Å². The lowest BCUT2D eigenvalue weighted by atomic mass is 10.1. The number of rotatable bonds is 8. The van der Waals surface area contributed by atoms with Crippen molar-refractivity contribution in [2.24, 2.45) is 0 Å². The first-order valence-electron chi connectivity index (χ1n) is 10.2. The molecule has 31 heavy (non-hydrogen) atoms. The third-order valence-corrected chi connectivity index (χ3v) is 5.53. The van der Waals surface area contributed by atoms with Crippen LogP contribution in [0.2, 0.25) is 5.02 Å². The number of benzene rings is 2. The second kappa shape index (κ2) is 10.3. The lowest BCUT2D eigenvalue weighted by Crippen LogP contribution is -2.27. The van der Waals surface area contributed by atoms with Gasteiger partial charge in [0.05, 0.1) is 18.4 Å². The summed E-state index contributed by atoms with van der Waals surface area (Å²) < 4.78 is 12.4. The number of hydrogen-bond acceptors (Lipinski definition) is 4. The van der Waals surface area contributed by atoms with Gasteiger partial charge < -0.3 is 14.0 Å². The van der Waals surface area contributed by atoms with Crippen LogP contribution in [-0.2, 0) is 30.7 Å². The number of aryl methyl sites for hydroxylation is 3. The van der Waals surface area contributed by atoms with E-state index in [9.17, 15) is 9.59 Å². The quantitative estimate of drug-likeness (QED) is 0.464. The van der Waals surface area contributed by atoms with Gasteiger partial charge in [0.25, 0.3) is 5.56 Å².